The molecular formula is C19H20N2OS. The summed E-state index contributed by atoms with van der Waals surface area (Å²) in [5, 5.41) is 2.88. The van der Waals surface area contributed by atoms with E-state index in [0.717, 1.165) is 10.2 Å². The Morgan fingerprint density at radius 1 is 1.30 bits per heavy atom. The number of fused-ring (bicyclic) bond motifs is 1. The van der Waals surface area contributed by atoms with E-state index in [0.29, 0.717) is 18.8 Å². The third kappa shape index (κ3) is 3.22. The van der Waals surface area contributed by atoms with E-state index < -0.39 is 0 Å². The normalized spacial score (nSPS) is 10.9. The van der Waals surface area contributed by atoms with E-state index >= 15 is 0 Å². The first-order valence-electron chi connectivity index (χ1n) is 7.63. The number of hydrogen-bond donors (Lipinski definition) is 1. The first-order chi connectivity index (χ1) is 11.1. The van der Waals surface area contributed by atoms with Gasteiger partial charge in [0, 0.05) is 18.0 Å². The Kier molecular flexibility index (Phi) is 4.35. The maximum atomic E-state index is 12.5. The maximum absolute atomic E-state index is 12.5. The number of carbonyl (C=O) groups excluding carboxylic acids is 1. The van der Waals surface area contributed by atoms with Gasteiger partial charge in [-0.05, 0) is 31.5 Å². The Labute approximate surface area is 140 Å². The van der Waals surface area contributed by atoms with Crippen molar-refractivity contribution in [3.8, 4) is 0 Å². The van der Waals surface area contributed by atoms with Gasteiger partial charge in [0.05, 0.1) is 10.2 Å². The standard InChI is InChI=1S/C19H20N2OS/c1-4-8-20-19(22)17-11-18-16(10-14(3)23-18)21(17)12-15-7-5-6-13(2)9-15/h4-7,9-11H,1,8,12H2,2-3H3,(H,20,22). The van der Waals surface area contributed by atoms with Gasteiger partial charge in [-0.3, -0.25) is 4.79 Å². The van der Waals surface area contributed by atoms with E-state index in [9.17, 15) is 4.79 Å². The van der Waals surface area contributed by atoms with Crippen LogP contribution in [0.4, 0.5) is 0 Å². The molecule has 118 valence electrons. The molecule has 0 unspecified atom stereocenters. The Morgan fingerprint density at radius 2 is 2.13 bits per heavy atom. The van der Waals surface area contributed by atoms with Crippen molar-refractivity contribution in [2.24, 2.45) is 0 Å². The molecule has 0 aliphatic carbocycles. The predicted octanol–water partition coefficient (Wildman–Crippen LogP) is 4.28. The van der Waals surface area contributed by atoms with Crippen LogP contribution >= 0.6 is 11.3 Å². The summed E-state index contributed by atoms with van der Waals surface area (Å²) < 4.78 is 3.25. The molecule has 2 aromatic heterocycles. The number of aryl methyl sites for hydroxylation is 2. The third-order valence-electron chi connectivity index (χ3n) is 3.78. The quantitative estimate of drug-likeness (QED) is 0.698. The Bertz CT molecular complexity index is 873. The van der Waals surface area contributed by atoms with Gasteiger partial charge in [0.15, 0.2) is 0 Å². The zero-order valence-electron chi connectivity index (χ0n) is 13.4. The van der Waals surface area contributed by atoms with Gasteiger partial charge in [-0.15, -0.1) is 17.9 Å². The molecule has 0 spiro atoms. The van der Waals surface area contributed by atoms with Crippen LogP contribution in [0.2, 0.25) is 0 Å². The number of nitrogens with zero attached hydrogens (tertiary/aromatic N) is 1. The van der Waals surface area contributed by atoms with Crippen molar-refractivity contribution in [1.29, 1.82) is 0 Å². The number of aromatic nitrogens is 1. The van der Waals surface area contributed by atoms with Crippen LogP contribution in [0.5, 0.6) is 0 Å². The molecule has 3 nitrogen and oxygen atoms in total. The van der Waals surface area contributed by atoms with Gasteiger partial charge >= 0.3 is 0 Å². The second kappa shape index (κ2) is 6.42. The van der Waals surface area contributed by atoms with Crippen molar-refractivity contribution in [2.75, 3.05) is 6.54 Å². The molecule has 23 heavy (non-hydrogen) atoms. The molecule has 0 saturated heterocycles. The number of benzene rings is 1. The van der Waals surface area contributed by atoms with Crippen LogP contribution in [0.25, 0.3) is 10.2 Å². The summed E-state index contributed by atoms with van der Waals surface area (Å²) in [5.74, 6) is -0.0568. The summed E-state index contributed by atoms with van der Waals surface area (Å²) in [6.45, 7) is 9.00. The van der Waals surface area contributed by atoms with Crippen LogP contribution in [-0.2, 0) is 6.54 Å². The fraction of sp³-hybridized carbons (Fsp3) is 0.211. The van der Waals surface area contributed by atoms with E-state index in [1.807, 2.05) is 6.07 Å². The van der Waals surface area contributed by atoms with Gasteiger partial charge in [0.1, 0.15) is 5.69 Å². The van der Waals surface area contributed by atoms with Gasteiger partial charge in [-0.2, -0.15) is 0 Å². The second-order valence-electron chi connectivity index (χ2n) is 5.71. The van der Waals surface area contributed by atoms with E-state index in [-0.39, 0.29) is 5.91 Å². The summed E-state index contributed by atoms with van der Waals surface area (Å²) in [6, 6.07) is 12.5. The van der Waals surface area contributed by atoms with Crippen LogP contribution in [0.3, 0.4) is 0 Å². The monoisotopic (exact) mass is 324 g/mol. The fourth-order valence-corrected chi connectivity index (χ4v) is 3.73. The highest BCUT2D eigenvalue weighted by atomic mass is 32.1. The minimum absolute atomic E-state index is 0.0568. The first kappa shape index (κ1) is 15.6. The number of carbonyl (C=O) groups is 1. The Balaban J connectivity index is 2.04. The van der Waals surface area contributed by atoms with Crippen LogP contribution in [0, 0.1) is 13.8 Å². The Hall–Kier alpha value is -2.33. The average molecular weight is 324 g/mol. The lowest BCUT2D eigenvalue weighted by molar-refractivity contribution is 0.0949. The van der Waals surface area contributed by atoms with E-state index in [4.69, 9.17) is 0 Å². The molecule has 0 atom stereocenters. The highest BCUT2D eigenvalue weighted by molar-refractivity contribution is 7.19. The van der Waals surface area contributed by atoms with Gasteiger partial charge in [-0.1, -0.05) is 35.9 Å². The van der Waals surface area contributed by atoms with Gasteiger partial charge in [0.2, 0.25) is 0 Å². The lowest BCUT2D eigenvalue weighted by atomic mass is 10.1. The second-order valence-corrected chi connectivity index (χ2v) is 7.00. The molecule has 0 aliphatic heterocycles. The number of nitrogens with one attached hydrogen (secondary N) is 1. The predicted molar refractivity (Wildman–Crippen MR) is 97.4 cm³/mol. The van der Waals surface area contributed by atoms with Crippen molar-refractivity contribution < 1.29 is 4.79 Å². The molecule has 1 amide bonds. The summed E-state index contributed by atoms with van der Waals surface area (Å²) in [4.78, 5) is 13.7. The molecule has 0 radical (unpaired) electrons. The molecule has 3 aromatic rings. The highest BCUT2D eigenvalue weighted by Crippen LogP contribution is 2.29. The lowest BCUT2D eigenvalue weighted by Crippen LogP contribution is -2.26. The molecule has 0 fully saturated rings. The van der Waals surface area contributed by atoms with Crippen molar-refractivity contribution in [3.05, 3.63) is 70.8 Å². The third-order valence-corrected chi connectivity index (χ3v) is 4.76. The van der Waals surface area contributed by atoms with Gasteiger partial charge < -0.3 is 9.88 Å². The SMILES string of the molecule is C=CCNC(=O)c1cc2sc(C)cc2n1Cc1cccc(C)c1. The van der Waals surface area contributed by atoms with E-state index in [1.165, 1.54) is 16.0 Å². The number of thiophene rings is 1. The fourth-order valence-electron chi connectivity index (χ4n) is 2.77. The highest BCUT2D eigenvalue weighted by Gasteiger charge is 2.17. The maximum Gasteiger partial charge on any atom is 0.268 e. The van der Waals surface area contributed by atoms with Crippen molar-refractivity contribution in [2.45, 2.75) is 20.4 Å². The number of rotatable bonds is 5. The minimum atomic E-state index is -0.0568. The molecule has 0 saturated carbocycles. The molecule has 1 aromatic carbocycles. The molecule has 4 heteroatoms. The van der Waals surface area contributed by atoms with Crippen LogP contribution in [0.1, 0.15) is 26.5 Å². The molecular weight excluding hydrogens is 304 g/mol. The molecule has 0 bridgehead atoms. The van der Waals surface area contributed by atoms with E-state index in [2.05, 4.69) is 60.6 Å². The summed E-state index contributed by atoms with van der Waals surface area (Å²) in [5.41, 5.74) is 4.25. The van der Waals surface area contributed by atoms with Crippen molar-refractivity contribution in [3.63, 3.8) is 0 Å². The van der Waals surface area contributed by atoms with Gasteiger partial charge in [0.25, 0.3) is 5.91 Å². The smallest absolute Gasteiger partial charge is 0.268 e. The van der Waals surface area contributed by atoms with Crippen molar-refractivity contribution in [1.82, 2.24) is 9.88 Å². The zero-order chi connectivity index (χ0) is 16.4. The van der Waals surface area contributed by atoms with Gasteiger partial charge in [-0.25, -0.2) is 0 Å². The van der Waals surface area contributed by atoms with Crippen LogP contribution in [0.15, 0.2) is 49.1 Å². The Morgan fingerprint density at radius 3 is 2.87 bits per heavy atom. The minimum Gasteiger partial charge on any atom is -0.347 e. The summed E-state index contributed by atoms with van der Waals surface area (Å²) in [6.07, 6.45) is 1.69. The number of hydrogen-bond acceptors (Lipinski definition) is 2. The summed E-state index contributed by atoms with van der Waals surface area (Å²) in [7, 11) is 0. The molecule has 3 rings (SSSR count). The van der Waals surface area contributed by atoms with E-state index in [1.54, 1.807) is 17.4 Å². The summed E-state index contributed by atoms with van der Waals surface area (Å²) >= 11 is 1.72. The van der Waals surface area contributed by atoms with Crippen LogP contribution < -0.4 is 5.32 Å². The zero-order valence-corrected chi connectivity index (χ0v) is 14.2. The molecule has 2 heterocycles. The number of amides is 1. The van der Waals surface area contributed by atoms with Crippen molar-refractivity contribution >= 4 is 27.5 Å². The molecule has 0 aliphatic rings. The molecule has 1 N–H and O–H groups in total. The topological polar surface area (TPSA) is 34.0 Å². The largest absolute Gasteiger partial charge is 0.347 e. The first-order valence-corrected chi connectivity index (χ1v) is 8.44. The average Bonchev–Trinajstić information content (AvgIpc) is 3.02. The lowest BCUT2D eigenvalue weighted by Gasteiger charge is -2.11. The van der Waals surface area contributed by atoms with Crippen LogP contribution in [-0.4, -0.2) is 17.0 Å².